The normalized spacial score (nSPS) is 15.2. The molecule has 0 radical (unpaired) electrons. The lowest BCUT2D eigenvalue weighted by atomic mass is 10.1. The molecule has 1 heterocycles. The van der Waals surface area contributed by atoms with Crippen LogP contribution in [0, 0.1) is 10.1 Å². The fourth-order valence-electron chi connectivity index (χ4n) is 2.93. The number of carbonyl (C=O) groups is 2. The lowest BCUT2D eigenvalue weighted by Crippen LogP contribution is -2.31. The first-order chi connectivity index (χ1) is 16.0. The summed E-state index contributed by atoms with van der Waals surface area (Å²) in [7, 11) is 2.75. The van der Waals surface area contributed by atoms with Crippen LogP contribution in [0.5, 0.6) is 17.2 Å². The molecule has 0 aliphatic carbocycles. The highest BCUT2D eigenvalue weighted by Crippen LogP contribution is 2.41. The van der Waals surface area contributed by atoms with Crippen LogP contribution in [-0.4, -0.2) is 48.3 Å². The Morgan fingerprint density at radius 1 is 1.09 bits per heavy atom. The average Bonchev–Trinajstić information content (AvgIpc) is 3.04. The van der Waals surface area contributed by atoms with Crippen molar-refractivity contribution in [2.75, 3.05) is 27.4 Å². The number of carbonyl (C=O) groups excluding carboxylic acids is 2. The van der Waals surface area contributed by atoms with Crippen molar-refractivity contribution in [3.63, 3.8) is 0 Å². The summed E-state index contributed by atoms with van der Waals surface area (Å²) in [5.41, 5.74) is -1.60. The molecule has 3 rings (SSSR count). The zero-order valence-corrected chi connectivity index (χ0v) is 18.6. The summed E-state index contributed by atoms with van der Waals surface area (Å²) in [5, 5.41) is 10.9. The minimum absolute atomic E-state index is 0.00397. The van der Waals surface area contributed by atoms with Gasteiger partial charge in [0, 0.05) is 13.2 Å². The van der Waals surface area contributed by atoms with Gasteiger partial charge in [-0.1, -0.05) is 6.07 Å². The number of thioether (sulfide) groups is 1. The van der Waals surface area contributed by atoms with Crippen molar-refractivity contribution in [3.8, 4) is 17.2 Å². The van der Waals surface area contributed by atoms with Crippen molar-refractivity contribution >= 4 is 34.7 Å². The molecule has 2 amide bonds. The summed E-state index contributed by atoms with van der Waals surface area (Å²) < 4.78 is 54.3. The van der Waals surface area contributed by atoms with E-state index in [1.165, 1.54) is 38.5 Å². The molecule has 2 aromatic carbocycles. The Hall–Kier alpha value is -3.58. The fourth-order valence-corrected chi connectivity index (χ4v) is 3.79. The molecule has 1 fully saturated rings. The van der Waals surface area contributed by atoms with Crippen LogP contribution in [0.1, 0.15) is 11.1 Å². The van der Waals surface area contributed by atoms with E-state index in [0.29, 0.717) is 17.7 Å². The molecule has 1 saturated heterocycles. The smallest absolute Gasteiger partial charge is 0.416 e. The van der Waals surface area contributed by atoms with Gasteiger partial charge in [0.05, 0.1) is 35.7 Å². The Balaban J connectivity index is 1.88. The minimum Gasteiger partial charge on any atom is -0.493 e. The van der Waals surface area contributed by atoms with Crippen LogP contribution in [0.2, 0.25) is 0 Å². The number of alkyl halides is 3. The lowest BCUT2D eigenvalue weighted by Gasteiger charge is -2.13. The molecule has 0 spiro atoms. The zero-order valence-electron chi connectivity index (χ0n) is 17.7. The van der Waals surface area contributed by atoms with Gasteiger partial charge in [0.15, 0.2) is 11.5 Å². The Morgan fingerprint density at radius 3 is 2.41 bits per heavy atom. The van der Waals surface area contributed by atoms with Gasteiger partial charge in [-0.05, 0) is 47.7 Å². The number of benzene rings is 2. The number of nitrogens with zero attached hydrogens (tertiary/aromatic N) is 2. The van der Waals surface area contributed by atoms with Crippen LogP contribution in [0.4, 0.5) is 23.7 Å². The highest BCUT2D eigenvalue weighted by molar-refractivity contribution is 8.18. The Kier molecular flexibility index (Phi) is 7.47. The number of halogens is 3. The second kappa shape index (κ2) is 10.1. The number of nitro groups is 1. The topological polar surface area (TPSA) is 108 Å². The molecule has 180 valence electrons. The van der Waals surface area contributed by atoms with Crippen molar-refractivity contribution in [1.29, 1.82) is 0 Å². The maximum atomic E-state index is 12.9. The molecule has 0 saturated carbocycles. The van der Waals surface area contributed by atoms with E-state index >= 15 is 0 Å². The number of hydrogen-bond donors (Lipinski definition) is 0. The molecule has 0 bridgehead atoms. The van der Waals surface area contributed by atoms with Crippen molar-refractivity contribution in [1.82, 2.24) is 4.90 Å². The Labute approximate surface area is 195 Å². The van der Waals surface area contributed by atoms with Gasteiger partial charge in [-0.3, -0.25) is 24.6 Å². The number of methoxy groups -OCH3 is 2. The van der Waals surface area contributed by atoms with Crippen LogP contribution in [0.15, 0.2) is 41.3 Å². The van der Waals surface area contributed by atoms with E-state index in [1.54, 1.807) is 0 Å². The SMILES string of the molecule is COCCN1C(=O)S/C(=C/c2ccc(Oc3ccc(C(F)(F)F)cc3[N+](=O)[O-])c(OC)c2)C1=O. The van der Waals surface area contributed by atoms with Crippen LogP contribution >= 0.6 is 11.8 Å². The summed E-state index contributed by atoms with van der Waals surface area (Å²) >= 11 is 0.760. The van der Waals surface area contributed by atoms with Crippen LogP contribution in [0.25, 0.3) is 6.08 Å². The van der Waals surface area contributed by atoms with Gasteiger partial charge in [-0.2, -0.15) is 13.2 Å². The van der Waals surface area contributed by atoms with E-state index in [-0.39, 0.29) is 29.6 Å². The van der Waals surface area contributed by atoms with E-state index in [1.807, 2.05) is 0 Å². The third-order valence-corrected chi connectivity index (χ3v) is 5.49. The Morgan fingerprint density at radius 2 is 1.79 bits per heavy atom. The fraction of sp³-hybridized carbons (Fsp3) is 0.238. The molecular weight excluding hydrogens is 481 g/mol. The molecule has 34 heavy (non-hydrogen) atoms. The molecule has 2 aromatic rings. The number of ether oxygens (including phenoxy) is 3. The largest absolute Gasteiger partial charge is 0.493 e. The zero-order chi connectivity index (χ0) is 25.0. The number of hydrogen-bond acceptors (Lipinski definition) is 8. The number of rotatable bonds is 8. The van der Waals surface area contributed by atoms with Gasteiger partial charge < -0.3 is 14.2 Å². The van der Waals surface area contributed by atoms with Gasteiger partial charge in [-0.25, -0.2) is 0 Å². The monoisotopic (exact) mass is 498 g/mol. The molecule has 1 aliphatic rings. The van der Waals surface area contributed by atoms with E-state index in [9.17, 15) is 32.9 Å². The average molecular weight is 498 g/mol. The van der Waals surface area contributed by atoms with Gasteiger partial charge in [0.25, 0.3) is 11.1 Å². The second-order valence-corrected chi connectivity index (χ2v) is 7.77. The first kappa shape index (κ1) is 25.1. The molecular formula is C21H17F3N2O7S. The standard InChI is InChI=1S/C21H17F3N2O7S/c1-31-8-7-25-19(27)18(34-20(25)28)10-12-3-5-16(17(9-12)32-2)33-15-6-4-13(21(22,23)24)11-14(15)26(29)30/h3-6,9-11H,7-8H2,1-2H3/b18-10+. The quantitative estimate of drug-likeness (QED) is 0.281. The summed E-state index contributed by atoms with van der Waals surface area (Å²) in [5.74, 6) is -0.799. The van der Waals surface area contributed by atoms with Gasteiger partial charge in [-0.15, -0.1) is 0 Å². The van der Waals surface area contributed by atoms with E-state index in [4.69, 9.17) is 14.2 Å². The van der Waals surface area contributed by atoms with Gasteiger partial charge in [0.2, 0.25) is 5.75 Å². The van der Waals surface area contributed by atoms with Crippen molar-refractivity contribution in [2.24, 2.45) is 0 Å². The number of nitro benzene ring substituents is 1. The van der Waals surface area contributed by atoms with E-state index in [2.05, 4.69) is 0 Å². The molecule has 0 aromatic heterocycles. The highest BCUT2D eigenvalue weighted by atomic mass is 32.2. The summed E-state index contributed by atoms with van der Waals surface area (Å²) in [6.07, 6.45) is -3.29. The number of imide groups is 1. The molecule has 13 heteroatoms. The predicted molar refractivity (Wildman–Crippen MR) is 116 cm³/mol. The summed E-state index contributed by atoms with van der Waals surface area (Å²) in [6.45, 7) is 0.307. The van der Waals surface area contributed by atoms with E-state index in [0.717, 1.165) is 22.7 Å². The highest BCUT2D eigenvalue weighted by Gasteiger charge is 2.35. The Bertz CT molecular complexity index is 1170. The summed E-state index contributed by atoms with van der Waals surface area (Å²) in [4.78, 5) is 36.0. The first-order valence-electron chi connectivity index (χ1n) is 9.51. The number of amides is 2. The van der Waals surface area contributed by atoms with Crippen molar-refractivity contribution in [2.45, 2.75) is 6.18 Å². The molecule has 0 atom stereocenters. The van der Waals surface area contributed by atoms with Crippen LogP contribution in [-0.2, 0) is 15.7 Å². The van der Waals surface area contributed by atoms with Crippen molar-refractivity contribution < 1.29 is 41.9 Å². The van der Waals surface area contributed by atoms with E-state index < -0.39 is 39.2 Å². The molecule has 1 aliphatic heterocycles. The maximum absolute atomic E-state index is 12.9. The van der Waals surface area contributed by atoms with Crippen LogP contribution < -0.4 is 9.47 Å². The third-order valence-electron chi connectivity index (χ3n) is 4.58. The molecule has 9 nitrogen and oxygen atoms in total. The first-order valence-corrected chi connectivity index (χ1v) is 10.3. The maximum Gasteiger partial charge on any atom is 0.416 e. The molecule has 0 unspecified atom stereocenters. The second-order valence-electron chi connectivity index (χ2n) is 6.78. The van der Waals surface area contributed by atoms with Gasteiger partial charge >= 0.3 is 11.9 Å². The van der Waals surface area contributed by atoms with Crippen LogP contribution in [0.3, 0.4) is 0 Å². The van der Waals surface area contributed by atoms with Crippen molar-refractivity contribution in [3.05, 3.63) is 62.5 Å². The lowest BCUT2D eigenvalue weighted by molar-refractivity contribution is -0.385. The predicted octanol–water partition coefficient (Wildman–Crippen LogP) is 5.10. The van der Waals surface area contributed by atoms with Gasteiger partial charge in [0.1, 0.15) is 0 Å². The minimum atomic E-state index is -4.76. The third kappa shape index (κ3) is 5.48. The molecule has 0 N–H and O–H groups in total. The summed E-state index contributed by atoms with van der Waals surface area (Å²) in [6, 6.07) is 6.23.